The van der Waals surface area contributed by atoms with Crippen LogP contribution in [-0.2, 0) is 0 Å². The molecule has 4 heteroatoms. The molecule has 1 saturated heterocycles. The monoisotopic (exact) mass is 264 g/mol. The van der Waals surface area contributed by atoms with Gasteiger partial charge in [0, 0.05) is 32.2 Å². The van der Waals surface area contributed by atoms with Crippen molar-refractivity contribution in [2.24, 2.45) is 0 Å². The number of hydrogen-bond acceptors (Lipinski definition) is 4. The zero-order valence-corrected chi connectivity index (χ0v) is 11.9. The van der Waals surface area contributed by atoms with E-state index in [1.54, 1.807) is 0 Å². The summed E-state index contributed by atoms with van der Waals surface area (Å²) in [7, 11) is 0. The van der Waals surface area contributed by atoms with Gasteiger partial charge in [0.05, 0.1) is 6.61 Å². The molecule has 1 aromatic rings. The number of nitrogens with zero attached hydrogens (tertiary/aromatic N) is 1. The summed E-state index contributed by atoms with van der Waals surface area (Å²) in [6.45, 7) is 9.91. The third kappa shape index (κ3) is 4.73. The first kappa shape index (κ1) is 14.2. The fourth-order valence-electron chi connectivity index (χ4n) is 2.31. The lowest BCUT2D eigenvalue weighted by atomic mass is 10.2. The van der Waals surface area contributed by atoms with E-state index < -0.39 is 0 Å². The summed E-state index contributed by atoms with van der Waals surface area (Å²) in [5.74, 6) is 1.80. The zero-order valence-electron chi connectivity index (χ0n) is 11.9. The van der Waals surface area contributed by atoms with E-state index in [9.17, 15) is 0 Å². The lowest BCUT2D eigenvalue weighted by molar-refractivity contribution is 0.170. The largest absolute Gasteiger partial charge is 0.494 e. The number of rotatable bonds is 6. The van der Waals surface area contributed by atoms with Crippen LogP contribution < -0.4 is 14.8 Å². The molecule has 106 valence electrons. The van der Waals surface area contributed by atoms with E-state index in [0.717, 1.165) is 44.3 Å². The fourth-order valence-corrected chi connectivity index (χ4v) is 2.31. The highest BCUT2D eigenvalue weighted by Crippen LogP contribution is 2.17. The Morgan fingerprint density at radius 3 is 2.53 bits per heavy atom. The van der Waals surface area contributed by atoms with Crippen LogP contribution in [0.2, 0.25) is 0 Å². The number of piperazine rings is 1. The lowest BCUT2D eigenvalue weighted by Gasteiger charge is -2.31. The lowest BCUT2D eigenvalue weighted by Crippen LogP contribution is -2.50. The second kappa shape index (κ2) is 7.36. The molecule has 1 N–H and O–H groups in total. The summed E-state index contributed by atoms with van der Waals surface area (Å²) >= 11 is 0. The minimum atomic E-state index is 0.583. The normalized spacial score (nSPS) is 20.2. The van der Waals surface area contributed by atoms with E-state index >= 15 is 0 Å². The molecule has 0 aliphatic carbocycles. The maximum absolute atomic E-state index is 5.76. The van der Waals surface area contributed by atoms with Gasteiger partial charge in [0.1, 0.15) is 18.1 Å². The number of benzene rings is 1. The number of ether oxygens (including phenoxy) is 2. The predicted octanol–water partition coefficient (Wildman–Crippen LogP) is 1.76. The highest BCUT2D eigenvalue weighted by Gasteiger charge is 2.14. The Morgan fingerprint density at radius 2 is 1.89 bits per heavy atom. The zero-order chi connectivity index (χ0) is 13.5. The van der Waals surface area contributed by atoms with Gasteiger partial charge in [0.25, 0.3) is 0 Å². The molecule has 2 rings (SSSR count). The molecule has 0 spiro atoms. The Balaban J connectivity index is 1.70. The molecular weight excluding hydrogens is 240 g/mol. The van der Waals surface area contributed by atoms with Crippen molar-refractivity contribution >= 4 is 0 Å². The van der Waals surface area contributed by atoms with Gasteiger partial charge in [0.15, 0.2) is 0 Å². The molecule has 0 amide bonds. The van der Waals surface area contributed by atoms with Gasteiger partial charge in [-0.2, -0.15) is 0 Å². The van der Waals surface area contributed by atoms with Crippen molar-refractivity contribution in [2.75, 3.05) is 39.4 Å². The van der Waals surface area contributed by atoms with E-state index in [-0.39, 0.29) is 0 Å². The first-order valence-corrected chi connectivity index (χ1v) is 7.09. The van der Waals surface area contributed by atoms with E-state index in [4.69, 9.17) is 9.47 Å². The molecule has 1 aliphatic rings. The number of hydrogen-bond donors (Lipinski definition) is 1. The van der Waals surface area contributed by atoms with E-state index in [1.165, 1.54) is 0 Å². The Kier molecular flexibility index (Phi) is 5.48. The van der Waals surface area contributed by atoms with Crippen LogP contribution in [0.5, 0.6) is 11.5 Å². The van der Waals surface area contributed by atoms with Gasteiger partial charge in [-0.1, -0.05) is 0 Å². The van der Waals surface area contributed by atoms with Crippen molar-refractivity contribution in [1.82, 2.24) is 10.2 Å². The Morgan fingerprint density at radius 1 is 1.21 bits per heavy atom. The average Bonchev–Trinajstić information content (AvgIpc) is 2.41. The molecule has 1 aromatic carbocycles. The van der Waals surface area contributed by atoms with E-state index in [0.29, 0.717) is 12.6 Å². The van der Waals surface area contributed by atoms with Gasteiger partial charge in [-0.05, 0) is 38.1 Å². The van der Waals surface area contributed by atoms with E-state index in [2.05, 4.69) is 17.1 Å². The first-order valence-electron chi connectivity index (χ1n) is 7.09. The molecule has 0 saturated carbocycles. The maximum atomic E-state index is 5.76. The molecule has 1 fully saturated rings. The maximum Gasteiger partial charge on any atom is 0.119 e. The van der Waals surface area contributed by atoms with Crippen molar-refractivity contribution in [2.45, 2.75) is 19.9 Å². The van der Waals surface area contributed by atoms with Crippen molar-refractivity contribution in [3.8, 4) is 11.5 Å². The number of nitrogens with one attached hydrogen (secondary N) is 1. The Labute approximate surface area is 115 Å². The average molecular weight is 264 g/mol. The predicted molar refractivity (Wildman–Crippen MR) is 77.0 cm³/mol. The van der Waals surface area contributed by atoms with Crippen LogP contribution in [-0.4, -0.2) is 50.3 Å². The van der Waals surface area contributed by atoms with Crippen LogP contribution in [0.3, 0.4) is 0 Å². The van der Waals surface area contributed by atoms with Gasteiger partial charge in [-0.3, -0.25) is 4.90 Å². The summed E-state index contributed by atoms with van der Waals surface area (Å²) in [5, 5.41) is 3.44. The van der Waals surface area contributed by atoms with Crippen LogP contribution in [0.25, 0.3) is 0 Å². The molecule has 19 heavy (non-hydrogen) atoms. The van der Waals surface area contributed by atoms with Gasteiger partial charge in [-0.15, -0.1) is 0 Å². The van der Waals surface area contributed by atoms with Crippen LogP contribution in [0.1, 0.15) is 13.8 Å². The topological polar surface area (TPSA) is 33.7 Å². The van der Waals surface area contributed by atoms with Gasteiger partial charge in [0.2, 0.25) is 0 Å². The summed E-state index contributed by atoms with van der Waals surface area (Å²) in [6.07, 6.45) is 0. The second-order valence-corrected chi connectivity index (χ2v) is 4.91. The van der Waals surface area contributed by atoms with Crippen LogP contribution in [0, 0.1) is 0 Å². The van der Waals surface area contributed by atoms with Crippen molar-refractivity contribution in [3.63, 3.8) is 0 Å². The van der Waals surface area contributed by atoms with Crippen LogP contribution in [0.4, 0.5) is 0 Å². The van der Waals surface area contributed by atoms with Gasteiger partial charge in [-0.25, -0.2) is 0 Å². The van der Waals surface area contributed by atoms with Crippen molar-refractivity contribution in [3.05, 3.63) is 24.3 Å². The Bertz CT molecular complexity index is 367. The minimum Gasteiger partial charge on any atom is -0.494 e. The highest BCUT2D eigenvalue weighted by molar-refractivity contribution is 5.31. The third-order valence-corrected chi connectivity index (χ3v) is 3.26. The quantitative estimate of drug-likeness (QED) is 0.849. The van der Waals surface area contributed by atoms with Gasteiger partial charge < -0.3 is 14.8 Å². The van der Waals surface area contributed by atoms with Crippen molar-refractivity contribution < 1.29 is 9.47 Å². The Hall–Kier alpha value is -1.26. The van der Waals surface area contributed by atoms with Crippen LogP contribution >= 0.6 is 0 Å². The molecule has 0 aromatic heterocycles. The third-order valence-electron chi connectivity index (χ3n) is 3.26. The smallest absolute Gasteiger partial charge is 0.119 e. The highest BCUT2D eigenvalue weighted by atomic mass is 16.5. The second-order valence-electron chi connectivity index (χ2n) is 4.91. The molecule has 1 aliphatic heterocycles. The summed E-state index contributed by atoms with van der Waals surface area (Å²) < 4.78 is 11.2. The van der Waals surface area contributed by atoms with Gasteiger partial charge >= 0.3 is 0 Å². The standard InChI is InChI=1S/C15H24N2O2/c1-3-18-14-4-6-15(7-5-14)19-11-10-17-9-8-16-13(2)12-17/h4-7,13,16H,3,8-12H2,1-2H3/t13-/m1/s1. The van der Waals surface area contributed by atoms with Crippen LogP contribution in [0.15, 0.2) is 24.3 Å². The molecular formula is C15H24N2O2. The molecule has 1 atom stereocenters. The first-order chi connectivity index (χ1) is 9.28. The SMILES string of the molecule is CCOc1ccc(OCCN2CCN[C@H](C)C2)cc1. The summed E-state index contributed by atoms with van der Waals surface area (Å²) in [5.41, 5.74) is 0. The summed E-state index contributed by atoms with van der Waals surface area (Å²) in [6, 6.07) is 8.41. The summed E-state index contributed by atoms with van der Waals surface area (Å²) in [4.78, 5) is 2.44. The minimum absolute atomic E-state index is 0.583. The molecule has 0 unspecified atom stereocenters. The molecule has 0 bridgehead atoms. The van der Waals surface area contributed by atoms with E-state index in [1.807, 2.05) is 31.2 Å². The van der Waals surface area contributed by atoms with Crippen molar-refractivity contribution in [1.29, 1.82) is 0 Å². The molecule has 4 nitrogen and oxygen atoms in total. The molecule has 1 heterocycles. The fraction of sp³-hybridized carbons (Fsp3) is 0.600. The molecule has 0 radical (unpaired) electrons.